The number of amides is 2. The second kappa shape index (κ2) is 45.5. The maximum atomic E-state index is 13.3. The summed E-state index contributed by atoms with van der Waals surface area (Å²) in [5, 5.41) is 15.9. The number of morpholine rings is 2. The Hall–Kier alpha value is -13.2. The second-order valence-corrected chi connectivity index (χ2v) is 39.2. The number of carboxylic acid groups (broad SMARTS) is 1. The number of pyridine rings is 3. The zero-order valence-electron chi connectivity index (χ0n) is 76.9. The molecule has 2 saturated heterocycles. The van der Waals surface area contributed by atoms with Gasteiger partial charge in [-0.05, 0) is 192 Å². The van der Waals surface area contributed by atoms with E-state index in [1.54, 1.807) is 36.4 Å². The highest BCUT2D eigenvalue weighted by molar-refractivity contribution is 7.90. The number of nitrogens with zero attached hydrogens (tertiary/aromatic N) is 4. The molecule has 5 heterocycles. The lowest BCUT2D eigenvalue weighted by Crippen LogP contribution is -2.44. The number of anilines is 1. The van der Waals surface area contributed by atoms with E-state index >= 15 is 0 Å². The Morgan fingerprint density at radius 1 is 0.441 bits per heavy atom. The summed E-state index contributed by atoms with van der Waals surface area (Å²) < 4.78 is 166. The third-order valence-corrected chi connectivity index (χ3v) is 24.7. The molecule has 0 radical (unpaired) electrons. The third-order valence-electron chi connectivity index (χ3n) is 21.4. The van der Waals surface area contributed by atoms with Gasteiger partial charge in [-0.1, -0.05) is 164 Å². The van der Waals surface area contributed by atoms with Crippen molar-refractivity contribution in [3.63, 3.8) is 0 Å². The molecule has 720 valence electrons. The number of benzene rings is 8. The first-order chi connectivity index (χ1) is 64.8. The van der Waals surface area contributed by atoms with Crippen molar-refractivity contribution >= 4 is 59.6 Å². The number of primary sulfonamides is 1. The van der Waals surface area contributed by atoms with Gasteiger partial charge < -0.3 is 67.4 Å². The largest absolute Gasteiger partial charge is 0.485 e. The van der Waals surface area contributed by atoms with Gasteiger partial charge in [-0.15, -0.1) is 0 Å². The number of ether oxygens (including phenoxy) is 11. The number of nitrogens with one attached hydrogen (secondary N) is 3. The lowest BCUT2D eigenvalue weighted by atomic mass is 10.2. The summed E-state index contributed by atoms with van der Waals surface area (Å²) in [6.07, 6.45) is 4.27. The first-order valence-electron chi connectivity index (χ1n) is 44.2. The summed E-state index contributed by atoms with van der Waals surface area (Å²) in [5.41, 5.74) is 2.82. The number of carbonyl (C=O) groups is 4. The predicted molar refractivity (Wildman–Crippen MR) is 502 cm³/mol. The zero-order chi connectivity index (χ0) is 97.5. The standard InChI is InChI=1S/C28H31N3O6S.C23H21FN2O5S.C22H26O4.C18H18O4.C5H5FN2O2S.C5H11NO/c1-20-11-12-23(36-19-22-7-4-3-5-8-22)24(17-20)37-28(13-14-28)27(32)30-38(33,34)26-10-6-9-25(29-26)31-15-16-35-21(2)18-31;1-16-10-11-18(30-15-17-6-3-2-4-7-17)19(14-16)31-23(12-13-23)22(27)26-32(28,29)21-9-5-8-20(24)25-21;1-16-10-11-18(24-15-17-8-6-5-7-9-17)19(14-16)25-22(12-13-22)20(23)26-21(2,3)4;1-13-7-8-15(21-12-14-5-3-2-4-6-14)16(11-13)22-18(9-10-18)17(19)20;6-4-2-1-3-5(8-4)11(7,9)10;1-5-4-6-2-3-7-5/h3-12,17,21H,13-16,18-19H2,1-2H3,(H,30,32);2-11,14H,12-13,15H2,1H3,(H,26,27);5-11,14H,12-13,15H2,1-4H3;2-8,11H,9-10,12H2,1H3,(H,19,20);1-3H,(H2,7,9,10);5-6H,2-4H2,1H3/t21-;;;;;5-/m0....0/s1. The van der Waals surface area contributed by atoms with Gasteiger partial charge in [0.1, 0.15) is 37.8 Å². The van der Waals surface area contributed by atoms with Crippen LogP contribution < -0.4 is 62.7 Å². The summed E-state index contributed by atoms with van der Waals surface area (Å²) in [7, 11) is -12.4. The molecule has 4 saturated carbocycles. The molecule has 6 aliphatic rings. The molecule has 11 aromatic rings. The van der Waals surface area contributed by atoms with Crippen molar-refractivity contribution in [1.82, 2.24) is 29.7 Å². The topological polar surface area (TPSA) is 396 Å². The predicted octanol–water partition coefficient (Wildman–Crippen LogP) is 15.4. The number of halogens is 2. The van der Waals surface area contributed by atoms with Gasteiger partial charge in [-0.2, -0.15) is 25.6 Å². The highest BCUT2D eigenvalue weighted by atomic mass is 32.2. The van der Waals surface area contributed by atoms with Crippen LogP contribution in [0, 0.1) is 39.6 Å². The molecular formula is C101H112F2N8O22S3. The second-order valence-electron chi connectivity index (χ2n) is 34.4. The number of nitrogens with two attached hydrogens (primary N) is 1. The number of hydrogen-bond donors (Lipinski definition) is 5. The Kier molecular flexibility index (Phi) is 34.0. The molecule has 0 bridgehead atoms. The van der Waals surface area contributed by atoms with Crippen molar-refractivity contribution in [2.45, 2.75) is 195 Å². The third kappa shape index (κ3) is 30.2. The fourth-order valence-corrected chi connectivity index (χ4v) is 15.9. The van der Waals surface area contributed by atoms with Crippen LogP contribution in [0.1, 0.15) is 130 Å². The summed E-state index contributed by atoms with van der Waals surface area (Å²) in [5.74, 6) is -0.132. The molecule has 17 rings (SSSR count). The van der Waals surface area contributed by atoms with E-state index in [2.05, 4.69) is 37.1 Å². The number of aryl methyl sites for hydroxylation is 4. The fourth-order valence-electron chi connectivity index (χ4n) is 13.4. The van der Waals surface area contributed by atoms with Gasteiger partial charge in [0.2, 0.25) is 23.1 Å². The van der Waals surface area contributed by atoms with Crippen molar-refractivity contribution in [2.24, 2.45) is 5.14 Å². The zero-order valence-corrected chi connectivity index (χ0v) is 79.4. The van der Waals surface area contributed by atoms with Crippen molar-refractivity contribution in [1.29, 1.82) is 0 Å². The molecule has 4 aliphatic carbocycles. The number of rotatable bonds is 30. The molecule has 2 amide bonds. The Bertz CT molecular complexity index is 6290. The summed E-state index contributed by atoms with van der Waals surface area (Å²) >= 11 is 0. The van der Waals surface area contributed by atoms with Crippen molar-refractivity contribution in [3.8, 4) is 46.0 Å². The van der Waals surface area contributed by atoms with E-state index in [4.69, 9.17) is 52.1 Å². The quantitative estimate of drug-likeness (QED) is 0.0206. The van der Waals surface area contributed by atoms with Crippen LogP contribution in [-0.2, 0) is 89.9 Å². The van der Waals surface area contributed by atoms with Crippen LogP contribution in [0.25, 0.3) is 0 Å². The average Bonchev–Trinajstić information content (AvgIpc) is 1.63. The van der Waals surface area contributed by atoms with Crippen molar-refractivity contribution in [3.05, 3.63) is 305 Å². The van der Waals surface area contributed by atoms with Crippen molar-refractivity contribution < 1.29 is 110 Å². The summed E-state index contributed by atoms with van der Waals surface area (Å²) in [6, 6.07) is 72.7. The Morgan fingerprint density at radius 2 is 0.779 bits per heavy atom. The van der Waals surface area contributed by atoms with Crippen LogP contribution in [0.5, 0.6) is 46.0 Å². The number of hydrogen-bond acceptors (Lipinski definition) is 26. The van der Waals surface area contributed by atoms with Crippen LogP contribution in [0.15, 0.2) is 264 Å². The van der Waals surface area contributed by atoms with Crippen LogP contribution in [0.4, 0.5) is 14.6 Å². The van der Waals surface area contributed by atoms with Gasteiger partial charge >= 0.3 is 11.9 Å². The first kappa shape index (κ1) is 102. The molecule has 3 aromatic heterocycles. The average molecular weight is 1920 g/mol. The van der Waals surface area contributed by atoms with Gasteiger partial charge in [-0.25, -0.2) is 47.5 Å². The molecule has 0 unspecified atom stereocenters. The first-order valence-corrected chi connectivity index (χ1v) is 48.7. The normalized spacial score (nSPS) is 16.5. The van der Waals surface area contributed by atoms with Gasteiger partial charge in [0.15, 0.2) is 72.3 Å². The molecule has 0 spiro atoms. The van der Waals surface area contributed by atoms with E-state index in [1.807, 2.05) is 235 Å². The maximum Gasteiger partial charge on any atom is 0.351 e. The maximum absolute atomic E-state index is 13.3. The number of carboxylic acids is 1. The molecule has 8 aromatic carbocycles. The number of sulfonamides is 3. The van der Waals surface area contributed by atoms with E-state index in [0.29, 0.717) is 155 Å². The van der Waals surface area contributed by atoms with Crippen LogP contribution in [0.2, 0.25) is 0 Å². The van der Waals surface area contributed by atoms with Gasteiger partial charge in [-0.3, -0.25) is 9.59 Å². The minimum Gasteiger partial charge on any atom is -0.485 e. The summed E-state index contributed by atoms with van der Waals surface area (Å²) in [4.78, 5) is 62.5. The Labute approximate surface area is 791 Å². The minimum absolute atomic E-state index is 0.0144. The summed E-state index contributed by atoms with van der Waals surface area (Å²) in [6.45, 7) is 23.5. The lowest BCUT2D eigenvalue weighted by Gasteiger charge is -2.32. The molecule has 6 fully saturated rings. The van der Waals surface area contributed by atoms with Gasteiger partial charge in [0.25, 0.3) is 41.9 Å². The van der Waals surface area contributed by atoms with E-state index in [1.165, 1.54) is 18.2 Å². The van der Waals surface area contributed by atoms with Crippen LogP contribution >= 0.6 is 0 Å². The number of aromatic nitrogens is 3. The molecule has 136 heavy (non-hydrogen) atoms. The number of carbonyl (C=O) groups excluding carboxylic acids is 3. The van der Waals surface area contributed by atoms with Crippen LogP contribution in [-0.4, -0.2) is 149 Å². The highest BCUT2D eigenvalue weighted by Gasteiger charge is 2.58. The number of esters is 1. The molecule has 35 heteroatoms. The minimum atomic E-state index is -4.34. The Balaban J connectivity index is 0.000000155. The SMILES string of the molecule is C[C@H]1CNCCO1.Cc1ccc(OCc2ccccc2)c(OC2(C(=O)NS(=O)(=O)c3cccc(F)n3)CC2)c1.Cc1ccc(OCc2ccccc2)c(OC2(C(=O)NS(=O)(=O)c3cccc(N4CCO[C@@H](C)C4)n3)CC2)c1.Cc1ccc(OCc2ccccc2)c(OC2(C(=O)O)CC2)c1.Cc1ccc(OCc2ccccc2)c(OC2(C(=O)OC(C)(C)C)CC2)c1.NS(=O)(=O)c1cccc(F)n1. The molecule has 2 aliphatic heterocycles. The Morgan fingerprint density at radius 3 is 1.09 bits per heavy atom. The molecule has 2 atom stereocenters. The van der Waals surface area contributed by atoms with Gasteiger partial charge in [0, 0.05) is 77.5 Å². The fraction of sp³-hybridized carbons (Fsp3) is 0.337. The van der Waals surface area contributed by atoms with E-state index in [-0.39, 0.29) is 17.1 Å². The smallest absolute Gasteiger partial charge is 0.351 e. The number of aliphatic carboxylic acids is 1. The van der Waals surface area contributed by atoms with Crippen LogP contribution in [0.3, 0.4) is 0 Å². The molecule has 30 nitrogen and oxygen atoms in total. The van der Waals surface area contributed by atoms with E-state index in [9.17, 15) is 58.3 Å². The van der Waals surface area contributed by atoms with E-state index < -0.39 is 97.8 Å². The lowest BCUT2D eigenvalue weighted by molar-refractivity contribution is -0.165. The molecular weight excluding hydrogens is 1810 g/mol. The highest BCUT2D eigenvalue weighted by Crippen LogP contribution is 2.49. The van der Waals surface area contributed by atoms with Crippen molar-refractivity contribution in [2.75, 3.05) is 44.3 Å². The monoisotopic (exact) mass is 1920 g/mol. The van der Waals surface area contributed by atoms with E-state index in [0.717, 1.165) is 88.5 Å². The molecule has 6 N–H and O–H groups in total. The van der Waals surface area contributed by atoms with Gasteiger partial charge in [0.05, 0.1) is 25.4 Å².